The molecular weight excluding hydrogens is 1470 g/mol. The van der Waals surface area contributed by atoms with Crippen LogP contribution in [0.5, 0.6) is 0 Å². The van der Waals surface area contributed by atoms with Crippen LogP contribution in [0.2, 0.25) is 0 Å². The Bertz CT molecular complexity index is 7820. The number of nitrogens with zero attached hydrogens (tertiary/aromatic N) is 4. The number of aromatic nitrogens is 2. The van der Waals surface area contributed by atoms with Crippen LogP contribution in [-0.4, -0.2) is 9.13 Å². The maximum Gasteiger partial charge on any atom is 0.0640 e. The second kappa shape index (κ2) is 27.3. The summed E-state index contributed by atoms with van der Waals surface area (Å²) in [4.78, 5) is 4.96. The van der Waals surface area contributed by atoms with E-state index in [9.17, 15) is 0 Å². The minimum atomic E-state index is -0.120. The highest BCUT2D eigenvalue weighted by Gasteiger charge is 2.38. The molecule has 558 valence electrons. The molecule has 0 atom stereocenters. The molecule has 2 aliphatic carbocycles. The summed E-state index contributed by atoms with van der Waals surface area (Å²) in [7, 11) is 0. The number of hydrogen-bond donors (Lipinski definition) is 0. The minimum absolute atomic E-state index is 0.111. The van der Waals surface area contributed by atoms with Crippen LogP contribution in [0.15, 0.2) is 400 Å². The molecule has 0 radical (unpaired) electrons. The van der Waals surface area contributed by atoms with Gasteiger partial charge >= 0.3 is 0 Å². The van der Waals surface area contributed by atoms with E-state index in [0.717, 1.165) is 22.7 Å². The third-order valence-corrected chi connectivity index (χ3v) is 27.7. The third-order valence-electron chi connectivity index (χ3n) is 25.4. The number of para-hydroxylation sites is 4. The Morgan fingerprint density at radius 3 is 1.26 bits per heavy atom. The van der Waals surface area contributed by atoms with E-state index in [-0.39, 0.29) is 10.8 Å². The summed E-state index contributed by atoms with van der Waals surface area (Å²) in [5.74, 6) is 0. The Morgan fingerprint density at radius 2 is 0.627 bits per heavy atom. The third kappa shape index (κ3) is 11.0. The van der Waals surface area contributed by atoms with Crippen LogP contribution in [0, 0.1) is 0 Å². The minimum Gasteiger partial charge on any atom is -0.310 e. The summed E-state index contributed by atoms with van der Waals surface area (Å²) >= 11 is 3.75. The van der Waals surface area contributed by atoms with Gasteiger partial charge in [0.1, 0.15) is 0 Å². The van der Waals surface area contributed by atoms with Crippen molar-refractivity contribution in [3.05, 3.63) is 423 Å². The first-order valence-electron chi connectivity index (χ1n) is 40.9. The molecule has 6 heteroatoms. The van der Waals surface area contributed by atoms with Gasteiger partial charge in [0.05, 0.1) is 38.1 Å². The monoisotopic (exact) mass is 1540 g/mol. The number of benzene rings is 18. The van der Waals surface area contributed by atoms with Crippen LogP contribution in [0.4, 0.5) is 34.1 Å². The van der Waals surface area contributed by atoms with Gasteiger partial charge in [-0.25, -0.2) is 0 Å². The molecule has 0 saturated heterocycles. The molecular formula is C112H78N4S2. The van der Waals surface area contributed by atoms with E-state index in [4.69, 9.17) is 0 Å². The molecule has 0 amide bonds. The Labute approximate surface area is 693 Å². The maximum atomic E-state index is 2.53. The van der Waals surface area contributed by atoms with Gasteiger partial charge in [0.15, 0.2) is 0 Å². The lowest BCUT2D eigenvalue weighted by Gasteiger charge is -2.30. The number of anilines is 6. The van der Waals surface area contributed by atoms with Crippen LogP contribution in [0.3, 0.4) is 0 Å². The average molecular weight is 1540 g/mol. The molecule has 24 rings (SSSR count). The highest BCUT2D eigenvalue weighted by molar-refractivity contribution is 7.26. The number of fused-ring (bicyclic) bond motifs is 19. The smallest absolute Gasteiger partial charge is 0.0640 e. The van der Waals surface area contributed by atoms with Gasteiger partial charge in [-0.2, -0.15) is 0 Å². The molecule has 4 nitrogen and oxygen atoms in total. The van der Waals surface area contributed by atoms with Crippen LogP contribution >= 0.6 is 22.7 Å². The van der Waals surface area contributed by atoms with Crippen molar-refractivity contribution < 1.29 is 0 Å². The fraction of sp³-hybridized carbons (Fsp3) is 0.0536. The Balaban J connectivity index is 0.000000138. The van der Waals surface area contributed by atoms with Crippen LogP contribution in [0.1, 0.15) is 49.9 Å². The molecule has 22 aromatic rings. The standard InChI is InChI=1S/C57H40N2S.C55H38N2S/c1-57(2)51-20-9-6-17-45(51)46-30-29-44(36-52(46)57)58(43-16-12-13-38(33-43)40-26-32-56-50(35-40)48-19-8-11-22-55(48)60-56)42-27-23-37(24-28-42)39-25-31-54-49(34-39)47-18-7-10-21-53(47)59(54)41-14-4-3-5-15-41;1-55(2)47-23-11-8-18-40(47)41-29-28-37(34-48(41)55)57(52-25-14-22-45-44-21-10-13-26-53(44)58-54(45)52)50-32-30-38(39-17-6-7-19-42(39)50)35-27-31-51-46(33-35)43-20-9-12-24-49(43)56(51)36-15-4-3-5-16-36/h3-36H,1-2H3;3-34H,1-2H3. The molecule has 0 bridgehead atoms. The molecule has 0 spiro atoms. The Kier molecular flexibility index (Phi) is 16.0. The fourth-order valence-corrected chi connectivity index (χ4v) is 22.0. The molecule has 0 fully saturated rings. The summed E-state index contributed by atoms with van der Waals surface area (Å²) in [5, 5.41) is 12.7. The quantitative estimate of drug-likeness (QED) is 0.128. The first kappa shape index (κ1) is 69.4. The van der Waals surface area contributed by atoms with Crippen molar-refractivity contribution in [1.82, 2.24) is 9.13 Å². The number of rotatable bonds is 11. The molecule has 2 aliphatic rings. The van der Waals surface area contributed by atoms with Crippen LogP contribution in [-0.2, 0) is 10.8 Å². The Hall–Kier alpha value is -14.1. The van der Waals surface area contributed by atoms with Gasteiger partial charge in [-0.3, -0.25) is 0 Å². The van der Waals surface area contributed by atoms with Gasteiger partial charge in [-0.15, -0.1) is 22.7 Å². The van der Waals surface area contributed by atoms with E-state index in [2.05, 4.69) is 447 Å². The molecule has 0 aliphatic heterocycles. The molecule has 4 heterocycles. The zero-order valence-corrected chi connectivity index (χ0v) is 67.3. The average Bonchev–Trinajstić information content (AvgIpc) is 1.32. The Morgan fingerprint density at radius 1 is 0.212 bits per heavy atom. The predicted molar refractivity (Wildman–Crippen MR) is 506 cm³/mol. The van der Waals surface area contributed by atoms with Crippen molar-refractivity contribution in [1.29, 1.82) is 0 Å². The van der Waals surface area contributed by atoms with E-state index < -0.39 is 0 Å². The summed E-state index contributed by atoms with van der Waals surface area (Å²) in [5.41, 5.74) is 31.9. The highest BCUT2D eigenvalue weighted by atomic mass is 32.1. The predicted octanol–water partition coefficient (Wildman–Crippen LogP) is 32.0. The molecule has 0 saturated carbocycles. The summed E-state index contributed by atoms with van der Waals surface area (Å²) in [6, 6.07) is 148. The van der Waals surface area contributed by atoms with E-state index in [0.29, 0.717) is 0 Å². The van der Waals surface area contributed by atoms with Crippen molar-refractivity contribution in [3.8, 4) is 67.0 Å². The SMILES string of the molecule is CC1(C)c2ccccc2-c2ccc(N(c3ccc(-c4ccc5c(c4)c4ccccc4n5-c4ccccc4)c4ccccc34)c3cccc4c3sc3ccccc34)cc21.CC1(C)c2ccccc2-c2ccc(N(c3ccc(-c4ccc5c(c4)c4ccccc4n5-c4ccccc4)cc3)c3cccc(-c4ccc5sc6ccccc6c5c4)c3)cc21. The topological polar surface area (TPSA) is 16.3 Å². The number of thiophene rings is 2. The fourth-order valence-electron chi connectivity index (χ4n) is 19.7. The number of hydrogen-bond acceptors (Lipinski definition) is 4. The lowest BCUT2D eigenvalue weighted by Crippen LogP contribution is -2.16. The van der Waals surface area contributed by atoms with Crippen LogP contribution < -0.4 is 9.80 Å². The largest absolute Gasteiger partial charge is 0.310 e. The van der Waals surface area contributed by atoms with E-state index in [1.54, 1.807) is 0 Å². The van der Waals surface area contributed by atoms with Crippen molar-refractivity contribution in [3.63, 3.8) is 0 Å². The van der Waals surface area contributed by atoms with Crippen LogP contribution in [0.25, 0.3) is 162 Å². The van der Waals surface area contributed by atoms with Crippen molar-refractivity contribution in [2.45, 2.75) is 38.5 Å². The maximum absolute atomic E-state index is 2.53. The first-order chi connectivity index (χ1) is 58.0. The van der Waals surface area contributed by atoms with Gasteiger partial charge in [0, 0.05) is 108 Å². The summed E-state index contributed by atoms with van der Waals surface area (Å²) in [6.45, 7) is 9.46. The van der Waals surface area contributed by atoms with E-state index in [1.165, 1.54) is 195 Å². The molecule has 118 heavy (non-hydrogen) atoms. The summed E-state index contributed by atoms with van der Waals surface area (Å²) in [6.07, 6.45) is 0. The van der Waals surface area contributed by atoms with Gasteiger partial charge in [0.2, 0.25) is 0 Å². The lowest BCUT2D eigenvalue weighted by atomic mass is 9.82. The molecule has 0 unspecified atom stereocenters. The van der Waals surface area contributed by atoms with Gasteiger partial charge in [-0.05, 0) is 229 Å². The van der Waals surface area contributed by atoms with Crippen molar-refractivity contribution in [2.24, 2.45) is 0 Å². The highest BCUT2D eigenvalue weighted by Crippen LogP contribution is 2.55. The first-order valence-corrected chi connectivity index (χ1v) is 42.5. The van der Waals surface area contributed by atoms with Gasteiger partial charge in [-0.1, -0.05) is 282 Å². The van der Waals surface area contributed by atoms with Gasteiger partial charge in [0.25, 0.3) is 0 Å². The van der Waals surface area contributed by atoms with Crippen molar-refractivity contribution >= 4 is 152 Å². The van der Waals surface area contributed by atoms with E-state index >= 15 is 0 Å². The van der Waals surface area contributed by atoms with Crippen molar-refractivity contribution in [2.75, 3.05) is 9.80 Å². The zero-order valence-electron chi connectivity index (χ0n) is 65.7. The van der Waals surface area contributed by atoms with E-state index in [1.807, 2.05) is 22.7 Å². The van der Waals surface area contributed by atoms with Gasteiger partial charge < -0.3 is 18.9 Å². The summed E-state index contributed by atoms with van der Waals surface area (Å²) < 4.78 is 10.0. The normalized spacial score (nSPS) is 13.1. The molecule has 4 aromatic heterocycles. The second-order valence-corrected chi connectivity index (χ2v) is 34.8. The molecule has 18 aromatic carbocycles. The zero-order chi connectivity index (χ0) is 78.5. The molecule has 0 N–H and O–H groups in total. The lowest BCUT2D eigenvalue weighted by molar-refractivity contribution is 0.660. The second-order valence-electron chi connectivity index (χ2n) is 32.6.